The van der Waals surface area contributed by atoms with Crippen LogP contribution in [0.4, 0.5) is 11.6 Å². The first kappa shape index (κ1) is 12.4. The van der Waals surface area contributed by atoms with Gasteiger partial charge in [-0.05, 0) is 31.0 Å². The molecule has 0 saturated carbocycles. The van der Waals surface area contributed by atoms with E-state index >= 15 is 0 Å². The summed E-state index contributed by atoms with van der Waals surface area (Å²) < 4.78 is 2.06. The van der Waals surface area contributed by atoms with Crippen molar-refractivity contribution in [1.82, 2.24) is 9.55 Å². The lowest BCUT2D eigenvalue weighted by atomic mass is 10.1. The molecular formula is C15H19N3. The minimum absolute atomic E-state index is 0.761. The number of benzene rings is 1. The summed E-state index contributed by atoms with van der Waals surface area (Å²) in [7, 11) is 0. The zero-order valence-corrected chi connectivity index (χ0v) is 11.0. The molecule has 0 amide bonds. The van der Waals surface area contributed by atoms with Crippen LogP contribution >= 0.6 is 0 Å². The van der Waals surface area contributed by atoms with Gasteiger partial charge in [-0.3, -0.25) is 0 Å². The second-order valence-electron chi connectivity index (χ2n) is 4.33. The second kappa shape index (κ2) is 5.54. The summed E-state index contributed by atoms with van der Waals surface area (Å²) in [5.74, 6) is 0.862. The van der Waals surface area contributed by atoms with E-state index in [1.165, 1.54) is 5.56 Å². The fraction of sp³-hybridized carbons (Fsp3) is 0.267. The van der Waals surface area contributed by atoms with Crippen LogP contribution in [0, 0.1) is 6.92 Å². The molecule has 0 aliphatic rings. The maximum atomic E-state index is 4.48. The van der Waals surface area contributed by atoms with E-state index in [4.69, 9.17) is 0 Å². The molecule has 3 nitrogen and oxygen atoms in total. The predicted octanol–water partition coefficient (Wildman–Crippen LogP) is 3.68. The lowest BCUT2D eigenvalue weighted by Crippen LogP contribution is -2.02. The number of aromatic nitrogens is 2. The maximum Gasteiger partial charge on any atom is 0.207 e. The summed E-state index contributed by atoms with van der Waals surface area (Å²) in [6, 6.07) is 8.41. The average Bonchev–Trinajstić information content (AvgIpc) is 2.70. The van der Waals surface area contributed by atoms with Crippen LogP contribution in [0.2, 0.25) is 0 Å². The maximum absolute atomic E-state index is 4.48. The molecule has 0 saturated heterocycles. The highest BCUT2D eigenvalue weighted by Gasteiger charge is 2.04. The van der Waals surface area contributed by atoms with Crippen LogP contribution in [-0.4, -0.2) is 9.55 Å². The number of nitrogens with one attached hydrogen (secondary N) is 1. The summed E-state index contributed by atoms with van der Waals surface area (Å²) in [4.78, 5) is 4.48. The van der Waals surface area contributed by atoms with Crippen molar-refractivity contribution in [3.8, 4) is 0 Å². The molecule has 3 heteroatoms. The van der Waals surface area contributed by atoms with Crippen molar-refractivity contribution in [2.75, 3.05) is 5.32 Å². The number of rotatable bonds is 5. The monoisotopic (exact) mass is 241 g/mol. The van der Waals surface area contributed by atoms with E-state index in [0.29, 0.717) is 0 Å². The summed E-state index contributed by atoms with van der Waals surface area (Å²) in [5.41, 5.74) is 3.40. The molecule has 94 valence electrons. The highest BCUT2D eigenvalue weighted by atomic mass is 15.2. The molecule has 1 N–H and O–H groups in total. The molecule has 2 rings (SSSR count). The molecule has 1 heterocycles. The van der Waals surface area contributed by atoms with Gasteiger partial charge >= 0.3 is 0 Å². The second-order valence-corrected chi connectivity index (χ2v) is 4.33. The SMILES string of the molecule is C=CCn1cc(C)nc1Nc1cccc(CC)c1. The van der Waals surface area contributed by atoms with Crippen molar-refractivity contribution in [2.45, 2.75) is 26.8 Å². The Bertz CT molecular complexity index is 540. The van der Waals surface area contributed by atoms with Crippen molar-refractivity contribution in [1.29, 1.82) is 0 Å². The van der Waals surface area contributed by atoms with Crippen LogP contribution in [0.3, 0.4) is 0 Å². The van der Waals surface area contributed by atoms with E-state index in [1.807, 2.05) is 19.2 Å². The number of nitrogens with zero attached hydrogens (tertiary/aromatic N) is 2. The Hall–Kier alpha value is -2.03. The van der Waals surface area contributed by atoms with Gasteiger partial charge in [0.15, 0.2) is 0 Å². The van der Waals surface area contributed by atoms with E-state index in [1.54, 1.807) is 0 Å². The average molecular weight is 241 g/mol. The van der Waals surface area contributed by atoms with Gasteiger partial charge in [-0.25, -0.2) is 4.98 Å². The van der Waals surface area contributed by atoms with Crippen LogP contribution in [-0.2, 0) is 13.0 Å². The van der Waals surface area contributed by atoms with Gasteiger partial charge in [-0.2, -0.15) is 0 Å². The summed E-state index contributed by atoms with van der Waals surface area (Å²) in [6.45, 7) is 8.67. The molecule has 0 fully saturated rings. The van der Waals surface area contributed by atoms with Crippen LogP contribution < -0.4 is 5.32 Å². The normalized spacial score (nSPS) is 10.3. The molecule has 2 aromatic rings. The van der Waals surface area contributed by atoms with Gasteiger partial charge < -0.3 is 9.88 Å². The Morgan fingerprint density at radius 2 is 2.28 bits per heavy atom. The lowest BCUT2D eigenvalue weighted by molar-refractivity contribution is 0.832. The Morgan fingerprint density at radius 1 is 1.44 bits per heavy atom. The van der Waals surface area contributed by atoms with Gasteiger partial charge in [0.05, 0.1) is 5.69 Å². The van der Waals surface area contributed by atoms with E-state index in [2.05, 4.69) is 52.6 Å². The number of hydrogen-bond acceptors (Lipinski definition) is 2. The van der Waals surface area contributed by atoms with Gasteiger partial charge in [0.25, 0.3) is 0 Å². The highest BCUT2D eigenvalue weighted by Crippen LogP contribution is 2.18. The standard InChI is InChI=1S/C15H19N3/c1-4-9-18-11-12(3)16-15(18)17-14-8-6-7-13(5-2)10-14/h4,6-8,10-11H,1,5,9H2,2-3H3,(H,16,17). The number of allylic oxidation sites excluding steroid dienone is 1. The molecule has 18 heavy (non-hydrogen) atoms. The third-order valence-corrected chi connectivity index (χ3v) is 2.81. The van der Waals surface area contributed by atoms with Crippen molar-refractivity contribution < 1.29 is 0 Å². The molecule has 0 atom stereocenters. The molecule has 0 aliphatic carbocycles. The summed E-state index contributed by atoms with van der Waals surface area (Å²) in [5, 5.41) is 3.36. The topological polar surface area (TPSA) is 29.9 Å². The van der Waals surface area contributed by atoms with Gasteiger partial charge in [0.2, 0.25) is 5.95 Å². The first-order valence-electron chi connectivity index (χ1n) is 6.23. The molecule has 0 bridgehead atoms. The molecular weight excluding hydrogens is 222 g/mol. The Labute approximate surface area is 108 Å². The zero-order chi connectivity index (χ0) is 13.0. The summed E-state index contributed by atoms with van der Waals surface area (Å²) >= 11 is 0. The molecule has 0 unspecified atom stereocenters. The van der Waals surface area contributed by atoms with Gasteiger partial charge in [-0.15, -0.1) is 6.58 Å². The minimum atomic E-state index is 0.761. The van der Waals surface area contributed by atoms with Crippen LogP contribution in [0.25, 0.3) is 0 Å². The first-order chi connectivity index (χ1) is 8.72. The van der Waals surface area contributed by atoms with Crippen molar-refractivity contribution in [3.05, 3.63) is 54.4 Å². The van der Waals surface area contributed by atoms with Gasteiger partial charge in [-0.1, -0.05) is 25.1 Å². The Morgan fingerprint density at radius 3 is 3.00 bits per heavy atom. The minimum Gasteiger partial charge on any atom is -0.326 e. The van der Waals surface area contributed by atoms with Crippen molar-refractivity contribution >= 4 is 11.6 Å². The quantitative estimate of drug-likeness (QED) is 0.809. The third kappa shape index (κ3) is 2.80. The van der Waals surface area contributed by atoms with Crippen molar-refractivity contribution in [2.24, 2.45) is 0 Å². The number of imidazole rings is 1. The predicted molar refractivity (Wildman–Crippen MR) is 76.3 cm³/mol. The van der Waals surface area contributed by atoms with Gasteiger partial charge in [0, 0.05) is 18.4 Å². The van der Waals surface area contributed by atoms with Crippen LogP contribution in [0.1, 0.15) is 18.2 Å². The first-order valence-corrected chi connectivity index (χ1v) is 6.23. The molecule has 1 aromatic carbocycles. The Kier molecular flexibility index (Phi) is 3.82. The summed E-state index contributed by atoms with van der Waals surface area (Å²) in [6.07, 6.45) is 4.93. The largest absolute Gasteiger partial charge is 0.326 e. The number of aryl methyl sites for hydroxylation is 2. The van der Waals surface area contributed by atoms with Crippen LogP contribution in [0.15, 0.2) is 43.1 Å². The van der Waals surface area contributed by atoms with E-state index < -0.39 is 0 Å². The fourth-order valence-corrected chi connectivity index (χ4v) is 1.92. The van der Waals surface area contributed by atoms with Crippen molar-refractivity contribution in [3.63, 3.8) is 0 Å². The molecule has 0 radical (unpaired) electrons. The number of anilines is 2. The fourth-order valence-electron chi connectivity index (χ4n) is 1.92. The Balaban J connectivity index is 2.24. The highest BCUT2D eigenvalue weighted by molar-refractivity contribution is 5.55. The molecule has 1 aromatic heterocycles. The van der Waals surface area contributed by atoms with Crippen LogP contribution in [0.5, 0.6) is 0 Å². The lowest BCUT2D eigenvalue weighted by Gasteiger charge is -2.08. The third-order valence-electron chi connectivity index (χ3n) is 2.81. The van der Waals surface area contributed by atoms with E-state index in [9.17, 15) is 0 Å². The zero-order valence-electron chi connectivity index (χ0n) is 11.0. The van der Waals surface area contributed by atoms with E-state index in [-0.39, 0.29) is 0 Å². The van der Waals surface area contributed by atoms with E-state index in [0.717, 1.165) is 30.3 Å². The number of hydrogen-bond donors (Lipinski definition) is 1. The molecule has 0 aliphatic heterocycles. The molecule has 0 spiro atoms. The smallest absolute Gasteiger partial charge is 0.207 e. The van der Waals surface area contributed by atoms with Gasteiger partial charge in [0.1, 0.15) is 0 Å².